The summed E-state index contributed by atoms with van der Waals surface area (Å²) in [5, 5.41) is 0. The first-order chi connectivity index (χ1) is 8.42. The molecular weight excluding hydrogens is 297 g/mol. The van der Waals surface area contributed by atoms with Crippen LogP contribution in [0.25, 0.3) is 0 Å². The third kappa shape index (κ3) is 3.89. The summed E-state index contributed by atoms with van der Waals surface area (Å²) in [7, 11) is 0. The first-order valence-electron chi connectivity index (χ1n) is 4.23. The Hall–Kier alpha value is -1.68. The largest absolute Gasteiger partial charge is 0.573 e. The first-order valence-corrected chi connectivity index (χ1v) is 4.23. The third-order valence-electron chi connectivity index (χ3n) is 1.69. The lowest BCUT2D eigenvalue weighted by molar-refractivity contribution is -0.277. The van der Waals surface area contributed by atoms with Crippen LogP contribution in [-0.4, -0.2) is 11.3 Å². The summed E-state index contributed by atoms with van der Waals surface area (Å²) < 4.78 is 113. The Kier molecular flexibility index (Phi) is 3.87. The zero-order valence-corrected chi connectivity index (χ0v) is 8.41. The molecule has 0 aliphatic carbocycles. The SMILES string of the molecule is Fc1cc(C(F)F)c(OC(F)(F)F)c(C(F)(F)F)n1. The van der Waals surface area contributed by atoms with E-state index in [0.29, 0.717) is 0 Å². The van der Waals surface area contributed by atoms with Crippen molar-refractivity contribution in [1.82, 2.24) is 4.98 Å². The van der Waals surface area contributed by atoms with Crippen molar-refractivity contribution in [3.05, 3.63) is 23.3 Å². The van der Waals surface area contributed by atoms with E-state index in [1.165, 1.54) is 0 Å². The van der Waals surface area contributed by atoms with Gasteiger partial charge in [-0.05, 0) is 0 Å². The van der Waals surface area contributed by atoms with Gasteiger partial charge in [-0.1, -0.05) is 0 Å². The molecule has 0 fully saturated rings. The van der Waals surface area contributed by atoms with Crippen molar-refractivity contribution >= 4 is 0 Å². The van der Waals surface area contributed by atoms with Gasteiger partial charge in [0.15, 0.2) is 11.4 Å². The number of hydrogen-bond donors (Lipinski definition) is 0. The summed E-state index contributed by atoms with van der Waals surface area (Å²) in [6.07, 6.45) is -15.1. The van der Waals surface area contributed by atoms with Crippen molar-refractivity contribution in [2.75, 3.05) is 0 Å². The minimum absolute atomic E-state index is 0.263. The van der Waals surface area contributed by atoms with Crippen LogP contribution in [0.4, 0.5) is 39.5 Å². The third-order valence-corrected chi connectivity index (χ3v) is 1.69. The summed E-state index contributed by atoms with van der Waals surface area (Å²) in [4.78, 5) is 2.12. The van der Waals surface area contributed by atoms with Crippen molar-refractivity contribution in [3.8, 4) is 5.75 Å². The van der Waals surface area contributed by atoms with E-state index < -0.39 is 41.9 Å². The molecule has 2 nitrogen and oxygen atoms in total. The molecule has 0 saturated heterocycles. The molecule has 0 aromatic carbocycles. The molecule has 0 unspecified atom stereocenters. The van der Waals surface area contributed by atoms with Gasteiger partial charge in [0.05, 0.1) is 5.56 Å². The van der Waals surface area contributed by atoms with Gasteiger partial charge < -0.3 is 4.74 Å². The second-order valence-electron chi connectivity index (χ2n) is 3.06. The van der Waals surface area contributed by atoms with Crippen molar-refractivity contribution < 1.29 is 44.3 Å². The number of halogens is 9. The van der Waals surface area contributed by atoms with Crippen LogP contribution in [0.1, 0.15) is 17.7 Å². The predicted molar refractivity (Wildman–Crippen MR) is 40.8 cm³/mol. The molecule has 0 bridgehead atoms. The Morgan fingerprint density at radius 2 is 1.58 bits per heavy atom. The molecule has 1 aromatic heterocycles. The lowest BCUT2D eigenvalue weighted by Crippen LogP contribution is -2.23. The van der Waals surface area contributed by atoms with Gasteiger partial charge in [0.25, 0.3) is 6.43 Å². The maximum absolute atomic E-state index is 12.6. The molecule has 0 atom stereocenters. The molecular formula is C8H2F9NO. The Balaban J connectivity index is 3.52. The average molecular weight is 299 g/mol. The van der Waals surface area contributed by atoms with Gasteiger partial charge >= 0.3 is 12.5 Å². The molecule has 1 rings (SSSR count). The molecule has 19 heavy (non-hydrogen) atoms. The normalized spacial score (nSPS) is 12.9. The van der Waals surface area contributed by atoms with Crippen LogP contribution in [-0.2, 0) is 6.18 Å². The quantitative estimate of drug-likeness (QED) is 0.606. The van der Waals surface area contributed by atoms with Gasteiger partial charge in [-0.15, -0.1) is 13.2 Å². The van der Waals surface area contributed by atoms with Gasteiger partial charge in [-0.2, -0.15) is 17.6 Å². The van der Waals surface area contributed by atoms with Crippen LogP contribution >= 0.6 is 0 Å². The number of alkyl halides is 8. The van der Waals surface area contributed by atoms with Gasteiger partial charge in [0, 0.05) is 6.07 Å². The molecule has 0 N–H and O–H groups in total. The number of aromatic nitrogens is 1. The fourth-order valence-corrected chi connectivity index (χ4v) is 1.10. The number of pyridine rings is 1. The lowest BCUT2D eigenvalue weighted by atomic mass is 10.2. The van der Waals surface area contributed by atoms with Gasteiger partial charge in [-0.3, -0.25) is 0 Å². The van der Waals surface area contributed by atoms with E-state index in [0.717, 1.165) is 0 Å². The Morgan fingerprint density at radius 1 is 1.05 bits per heavy atom. The Labute approximate surface area is 98.3 Å². The molecule has 0 amide bonds. The highest BCUT2D eigenvalue weighted by Gasteiger charge is 2.43. The summed E-state index contributed by atoms with van der Waals surface area (Å²) in [5.41, 5.74) is -4.41. The monoisotopic (exact) mass is 299 g/mol. The fourth-order valence-electron chi connectivity index (χ4n) is 1.10. The van der Waals surface area contributed by atoms with E-state index in [4.69, 9.17) is 0 Å². The van der Waals surface area contributed by atoms with Crippen molar-refractivity contribution in [2.45, 2.75) is 19.0 Å². The summed E-state index contributed by atoms with van der Waals surface area (Å²) in [6.45, 7) is 0. The van der Waals surface area contributed by atoms with Crippen LogP contribution in [0.5, 0.6) is 5.75 Å². The van der Waals surface area contributed by atoms with Gasteiger partial charge in [0.2, 0.25) is 5.95 Å². The highest BCUT2D eigenvalue weighted by molar-refractivity contribution is 5.40. The number of ether oxygens (including phenoxy) is 1. The van der Waals surface area contributed by atoms with Crippen molar-refractivity contribution in [1.29, 1.82) is 0 Å². The minimum atomic E-state index is -5.66. The maximum atomic E-state index is 12.6. The number of rotatable bonds is 2. The van der Waals surface area contributed by atoms with E-state index >= 15 is 0 Å². The standard InChI is InChI=1S/C8H2F9NO/c9-3-1-2(6(10)11)4(19-8(15,16)17)5(18-3)7(12,13)14/h1,6H. The molecule has 0 aliphatic rings. The van der Waals surface area contributed by atoms with Crippen LogP contribution < -0.4 is 4.74 Å². The van der Waals surface area contributed by atoms with Crippen molar-refractivity contribution in [2.24, 2.45) is 0 Å². The molecule has 108 valence electrons. The van der Waals surface area contributed by atoms with E-state index in [9.17, 15) is 39.5 Å². The van der Waals surface area contributed by atoms with E-state index in [2.05, 4.69) is 9.72 Å². The zero-order chi connectivity index (χ0) is 15.0. The second kappa shape index (κ2) is 4.78. The average Bonchev–Trinajstić information content (AvgIpc) is 2.16. The first kappa shape index (κ1) is 15.4. The molecule has 1 aromatic rings. The van der Waals surface area contributed by atoms with E-state index in [-0.39, 0.29) is 6.07 Å². The number of hydrogen-bond acceptors (Lipinski definition) is 2. The van der Waals surface area contributed by atoms with Crippen LogP contribution in [0.2, 0.25) is 0 Å². The Morgan fingerprint density at radius 3 is 1.95 bits per heavy atom. The van der Waals surface area contributed by atoms with Crippen molar-refractivity contribution in [3.63, 3.8) is 0 Å². The van der Waals surface area contributed by atoms with E-state index in [1.807, 2.05) is 0 Å². The predicted octanol–water partition coefficient (Wildman–Crippen LogP) is 4.08. The topological polar surface area (TPSA) is 22.1 Å². The number of nitrogens with zero attached hydrogens (tertiary/aromatic N) is 1. The maximum Gasteiger partial charge on any atom is 0.573 e. The second-order valence-corrected chi connectivity index (χ2v) is 3.06. The van der Waals surface area contributed by atoms with Gasteiger partial charge in [0.1, 0.15) is 0 Å². The highest BCUT2D eigenvalue weighted by Crippen LogP contribution is 2.42. The van der Waals surface area contributed by atoms with Gasteiger partial charge in [-0.25, -0.2) is 13.8 Å². The molecule has 0 saturated carbocycles. The zero-order valence-electron chi connectivity index (χ0n) is 8.41. The van der Waals surface area contributed by atoms with Crippen LogP contribution in [0, 0.1) is 5.95 Å². The highest BCUT2D eigenvalue weighted by atomic mass is 19.4. The Bertz CT molecular complexity index is 465. The summed E-state index contributed by atoms with van der Waals surface area (Å²) in [5.74, 6) is -4.27. The molecule has 0 spiro atoms. The molecule has 0 radical (unpaired) electrons. The summed E-state index contributed by atoms with van der Waals surface area (Å²) >= 11 is 0. The fraction of sp³-hybridized carbons (Fsp3) is 0.375. The minimum Gasteiger partial charge on any atom is -0.403 e. The van der Waals surface area contributed by atoms with Crippen LogP contribution in [0.3, 0.4) is 0 Å². The molecule has 1 heterocycles. The molecule has 0 aliphatic heterocycles. The summed E-state index contributed by atoms with van der Waals surface area (Å²) in [6, 6.07) is -0.263. The van der Waals surface area contributed by atoms with E-state index in [1.54, 1.807) is 0 Å². The van der Waals surface area contributed by atoms with Crippen LogP contribution in [0.15, 0.2) is 6.07 Å². The molecule has 11 heteroatoms. The smallest absolute Gasteiger partial charge is 0.403 e. The lowest BCUT2D eigenvalue weighted by Gasteiger charge is -2.17.